The van der Waals surface area contributed by atoms with E-state index >= 15 is 0 Å². The smallest absolute Gasteiger partial charge is 0.387 e. The van der Waals surface area contributed by atoms with Crippen LogP contribution < -0.4 is 15.0 Å². The molecule has 0 aliphatic carbocycles. The number of piperidine rings is 1. The SMILES string of the molecule is CC(=O)N1CCC(N(C(=O)Nc2cnc(C)cc2OC(F)F)c2ccccc2C(C)C)CC1. The van der Waals surface area contributed by atoms with E-state index in [1.165, 1.54) is 19.2 Å². The number of urea groups is 1. The van der Waals surface area contributed by atoms with E-state index < -0.39 is 12.6 Å². The van der Waals surface area contributed by atoms with E-state index in [0.717, 1.165) is 11.3 Å². The van der Waals surface area contributed by atoms with Gasteiger partial charge in [-0.25, -0.2) is 4.79 Å². The molecule has 33 heavy (non-hydrogen) atoms. The molecule has 1 aliphatic rings. The standard InChI is InChI=1S/C24H30F2N4O3/c1-15(2)19-7-5-6-8-21(19)30(18-9-11-29(12-10-18)17(4)31)24(32)28-20-14-27-16(3)13-22(20)33-23(25)26/h5-8,13-15,18,23H,9-12H2,1-4H3,(H,28,32). The van der Waals surface area contributed by atoms with Crippen molar-refractivity contribution in [2.45, 2.75) is 59.1 Å². The van der Waals surface area contributed by atoms with Crippen LogP contribution in [0.25, 0.3) is 0 Å². The Hall–Kier alpha value is -3.23. The second-order valence-corrected chi connectivity index (χ2v) is 8.45. The minimum Gasteiger partial charge on any atom is -0.432 e. The average Bonchev–Trinajstić information content (AvgIpc) is 2.76. The fourth-order valence-electron chi connectivity index (χ4n) is 4.10. The van der Waals surface area contributed by atoms with Crippen LogP contribution in [0.3, 0.4) is 0 Å². The lowest BCUT2D eigenvalue weighted by molar-refractivity contribution is -0.129. The van der Waals surface area contributed by atoms with E-state index in [-0.39, 0.29) is 29.3 Å². The van der Waals surface area contributed by atoms with Gasteiger partial charge in [0.25, 0.3) is 0 Å². The normalized spacial score (nSPS) is 14.5. The van der Waals surface area contributed by atoms with Crippen LogP contribution in [0, 0.1) is 6.92 Å². The first-order valence-electron chi connectivity index (χ1n) is 11.0. The van der Waals surface area contributed by atoms with Gasteiger partial charge in [0.05, 0.1) is 6.20 Å². The van der Waals surface area contributed by atoms with Crippen molar-refractivity contribution in [2.24, 2.45) is 0 Å². The zero-order valence-electron chi connectivity index (χ0n) is 19.3. The Balaban J connectivity index is 1.95. The number of ether oxygens (including phenoxy) is 1. The number of rotatable bonds is 6. The molecule has 1 fully saturated rings. The summed E-state index contributed by atoms with van der Waals surface area (Å²) in [5.41, 5.74) is 2.30. The molecule has 0 radical (unpaired) electrons. The van der Waals surface area contributed by atoms with Crippen molar-refractivity contribution >= 4 is 23.3 Å². The highest BCUT2D eigenvalue weighted by Crippen LogP contribution is 2.33. The fraction of sp³-hybridized carbons (Fsp3) is 0.458. The Kier molecular flexibility index (Phi) is 7.84. The predicted octanol–water partition coefficient (Wildman–Crippen LogP) is 5.16. The number of aryl methyl sites for hydroxylation is 1. The number of hydrogen-bond acceptors (Lipinski definition) is 4. The Bertz CT molecular complexity index is 991. The third kappa shape index (κ3) is 5.97. The highest BCUT2D eigenvalue weighted by atomic mass is 19.3. The molecular formula is C24H30F2N4O3. The van der Waals surface area contributed by atoms with Crippen molar-refractivity contribution in [3.05, 3.63) is 47.8 Å². The van der Waals surface area contributed by atoms with Crippen LogP contribution >= 0.6 is 0 Å². The number of likely N-dealkylation sites (tertiary alicyclic amines) is 1. The first-order chi connectivity index (χ1) is 15.7. The number of nitrogens with zero attached hydrogens (tertiary/aromatic N) is 3. The van der Waals surface area contributed by atoms with Gasteiger partial charge in [-0.2, -0.15) is 8.78 Å². The van der Waals surface area contributed by atoms with Gasteiger partial charge in [0.2, 0.25) is 5.91 Å². The van der Waals surface area contributed by atoms with Crippen molar-refractivity contribution in [1.82, 2.24) is 9.88 Å². The molecule has 1 N–H and O–H groups in total. The molecule has 0 saturated carbocycles. The lowest BCUT2D eigenvalue weighted by Crippen LogP contribution is -2.50. The summed E-state index contributed by atoms with van der Waals surface area (Å²) in [7, 11) is 0. The number of halogens is 2. The lowest BCUT2D eigenvalue weighted by Gasteiger charge is -2.39. The van der Waals surface area contributed by atoms with Gasteiger partial charge in [-0.15, -0.1) is 0 Å². The number of amides is 3. The molecule has 3 amide bonds. The van der Waals surface area contributed by atoms with E-state index in [2.05, 4.69) is 15.0 Å². The number of hydrogen-bond donors (Lipinski definition) is 1. The van der Waals surface area contributed by atoms with Crippen LogP contribution in [0.15, 0.2) is 36.5 Å². The maximum absolute atomic E-state index is 13.6. The number of benzene rings is 1. The van der Waals surface area contributed by atoms with Gasteiger partial charge >= 0.3 is 12.6 Å². The molecule has 0 spiro atoms. The summed E-state index contributed by atoms with van der Waals surface area (Å²) in [6.45, 7) is 5.33. The largest absolute Gasteiger partial charge is 0.432 e. The molecule has 0 atom stereocenters. The van der Waals surface area contributed by atoms with Crippen LogP contribution in [0.2, 0.25) is 0 Å². The molecule has 1 aromatic heterocycles. The third-order valence-corrected chi connectivity index (χ3v) is 5.77. The quantitative estimate of drug-likeness (QED) is 0.646. The van der Waals surface area contributed by atoms with Gasteiger partial charge in [-0.05, 0) is 37.3 Å². The first kappa shape index (κ1) is 24.4. The zero-order valence-corrected chi connectivity index (χ0v) is 19.3. The van der Waals surface area contributed by atoms with Gasteiger partial charge in [0.1, 0.15) is 5.69 Å². The number of carbonyl (C=O) groups excluding carboxylic acids is 2. The third-order valence-electron chi connectivity index (χ3n) is 5.77. The first-order valence-corrected chi connectivity index (χ1v) is 11.0. The average molecular weight is 461 g/mol. The minimum atomic E-state index is -3.03. The minimum absolute atomic E-state index is 0.00607. The number of carbonyl (C=O) groups is 2. The summed E-state index contributed by atoms with van der Waals surface area (Å²) in [4.78, 5) is 32.9. The van der Waals surface area contributed by atoms with Crippen molar-refractivity contribution in [2.75, 3.05) is 23.3 Å². The summed E-state index contributed by atoms with van der Waals surface area (Å²) < 4.78 is 30.5. The lowest BCUT2D eigenvalue weighted by atomic mass is 9.97. The van der Waals surface area contributed by atoms with Crippen LogP contribution in [0.4, 0.5) is 25.0 Å². The van der Waals surface area contributed by atoms with Crippen molar-refractivity contribution in [1.29, 1.82) is 0 Å². The van der Waals surface area contributed by atoms with E-state index in [0.29, 0.717) is 31.6 Å². The van der Waals surface area contributed by atoms with Gasteiger partial charge in [0, 0.05) is 43.5 Å². The van der Waals surface area contributed by atoms with Gasteiger partial charge < -0.3 is 15.0 Å². The van der Waals surface area contributed by atoms with Gasteiger partial charge in [-0.3, -0.25) is 14.7 Å². The van der Waals surface area contributed by atoms with Crippen LogP contribution in [-0.2, 0) is 4.79 Å². The summed E-state index contributed by atoms with van der Waals surface area (Å²) in [5.74, 6) is 0.0217. The van der Waals surface area contributed by atoms with Gasteiger partial charge in [-0.1, -0.05) is 32.0 Å². The second kappa shape index (κ2) is 10.6. The Morgan fingerprint density at radius 2 is 1.88 bits per heavy atom. The zero-order chi connectivity index (χ0) is 24.1. The molecule has 1 aliphatic heterocycles. The molecule has 7 nitrogen and oxygen atoms in total. The number of nitrogens with one attached hydrogen (secondary N) is 1. The predicted molar refractivity (Wildman–Crippen MR) is 123 cm³/mol. The molecule has 2 heterocycles. The van der Waals surface area contributed by atoms with Gasteiger partial charge in [0.15, 0.2) is 5.75 Å². The van der Waals surface area contributed by atoms with Crippen molar-refractivity contribution in [3.8, 4) is 5.75 Å². The number of para-hydroxylation sites is 1. The van der Waals surface area contributed by atoms with Crippen LogP contribution in [0.1, 0.15) is 50.8 Å². The summed E-state index contributed by atoms with van der Waals surface area (Å²) >= 11 is 0. The molecule has 3 rings (SSSR count). The molecule has 0 bridgehead atoms. The van der Waals surface area contributed by atoms with E-state index in [1.807, 2.05) is 38.1 Å². The topological polar surface area (TPSA) is 74.8 Å². The summed E-state index contributed by atoms with van der Waals surface area (Å²) in [5, 5.41) is 2.72. The van der Waals surface area contributed by atoms with E-state index in [9.17, 15) is 18.4 Å². The van der Waals surface area contributed by atoms with Crippen LogP contribution in [0.5, 0.6) is 5.75 Å². The summed E-state index contributed by atoms with van der Waals surface area (Å²) in [6.07, 6.45) is 2.52. The Morgan fingerprint density at radius 1 is 1.21 bits per heavy atom. The van der Waals surface area contributed by atoms with Crippen LogP contribution in [-0.4, -0.2) is 47.6 Å². The number of aromatic nitrogens is 1. The number of alkyl halides is 2. The second-order valence-electron chi connectivity index (χ2n) is 8.45. The monoisotopic (exact) mass is 460 g/mol. The maximum Gasteiger partial charge on any atom is 0.387 e. The Labute approximate surface area is 192 Å². The van der Waals surface area contributed by atoms with E-state index in [4.69, 9.17) is 0 Å². The van der Waals surface area contributed by atoms with E-state index in [1.54, 1.807) is 16.7 Å². The highest BCUT2D eigenvalue weighted by molar-refractivity contribution is 6.03. The molecule has 1 saturated heterocycles. The maximum atomic E-state index is 13.6. The molecule has 178 valence electrons. The molecule has 2 aromatic rings. The van der Waals surface area contributed by atoms with Crippen molar-refractivity contribution < 1.29 is 23.1 Å². The molecule has 0 unspecified atom stereocenters. The number of pyridine rings is 1. The van der Waals surface area contributed by atoms with Crippen molar-refractivity contribution in [3.63, 3.8) is 0 Å². The Morgan fingerprint density at radius 3 is 2.48 bits per heavy atom. The number of anilines is 2. The molecule has 1 aromatic carbocycles. The molecule has 9 heteroatoms. The fourth-order valence-corrected chi connectivity index (χ4v) is 4.10. The highest BCUT2D eigenvalue weighted by Gasteiger charge is 2.32. The summed E-state index contributed by atoms with van der Waals surface area (Å²) in [6, 6.07) is 8.38. The molecular weight excluding hydrogens is 430 g/mol.